The molecule has 0 aliphatic carbocycles. The van der Waals surface area contributed by atoms with Gasteiger partial charge in [-0.05, 0) is 19.4 Å². The first-order valence-electron chi connectivity index (χ1n) is 4.94. The van der Waals surface area contributed by atoms with E-state index in [1.54, 1.807) is 4.68 Å². The summed E-state index contributed by atoms with van der Waals surface area (Å²) in [5.41, 5.74) is 0.804. The SMILES string of the molecule is CCC(C)(CO)NCc1ccn(C)n1. The van der Waals surface area contributed by atoms with E-state index in [-0.39, 0.29) is 12.1 Å². The number of aliphatic hydroxyl groups is 1. The summed E-state index contributed by atoms with van der Waals surface area (Å²) in [6.07, 6.45) is 2.82. The molecule has 80 valence electrons. The molecule has 0 fully saturated rings. The maximum atomic E-state index is 9.18. The average molecular weight is 197 g/mol. The number of rotatable bonds is 5. The van der Waals surface area contributed by atoms with Crippen molar-refractivity contribution < 1.29 is 5.11 Å². The van der Waals surface area contributed by atoms with Crippen LogP contribution in [0.5, 0.6) is 0 Å². The number of hydrogen-bond donors (Lipinski definition) is 2. The lowest BCUT2D eigenvalue weighted by atomic mass is 10.0. The Morgan fingerprint density at radius 1 is 1.64 bits per heavy atom. The zero-order chi connectivity index (χ0) is 10.6. The van der Waals surface area contributed by atoms with Crippen molar-refractivity contribution in [2.75, 3.05) is 6.61 Å². The molecule has 0 amide bonds. The highest BCUT2D eigenvalue weighted by Gasteiger charge is 2.19. The van der Waals surface area contributed by atoms with Gasteiger partial charge in [-0.1, -0.05) is 6.92 Å². The van der Waals surface area contributed by atoms with Crippen molar-refractivity contribution in [1.82, 2.24) is 15.1 Å². The Hall–Kier alpha value is -0.870. The van der Waals surface area contributed by atoms with E-state index >= 15 is 0 Å². The van der Waals surface area contributed by atoms with Crippen molar-refractivity contribution in [3.8, 4) is 0 Å². The van der Waals surface area contributed by atoms with Gasteiger partial charge in [-0.25, -0.2) is 0 Å². The van der Waals surface area contributed by atoms with Gasteiger partial charge in [0.2, 0.25) is 0 Å². The number of hydrogen-bond acceptors (Lipinski definition) is 3. The number of aryl methyl sites for hydroxylation is 1. The molecule has 0 spiro atoms. The second kappa shape index (κ2) is 4.57. The summed E-state index contributed by atoms with van der Waals surface area (Å²) in [6, 6.07) is 1.97. The summed E-state index contributed by atoms with van der Waals surface area (Å²) < 4.78 is 1.78. The minimum Gasteiger partial charge on any atom is -0.394 e. The molecule has 0 saturated carbocycles. The van der Waals surface area contributed by atoms with Crippen molar-refractivity contribution in [3.05, 3.63) is 18.0 Å². The third kappa shape index (κ3) is 2.82. The van der Waals surface area contributed by atoms with E-state index in [9.17, 15) is 5.11 Å². The van der Waals surface area contributed by atoms with Gasteiger partial charge >= 0.3 is 0 Å². The standard InChI is InChI=1S/C10H19N3O/c1-4-10(2,8-14)11-7-9-5-6-13(3)12-9/h5-6,11,14H,4,7-8H2,1-3H3. The van der Waals surface area contributed by atoms with E-state index in [2.05, 4.69) is 17.3 Å². The van der Waals surface area contributed by atoms with Crippen molar-refractivity contribution >= 4 is 0 Å². The molecule has 4 heteroatoms. The monoisotopic (exact) mass is 197 g/mol. The molecule has 0 aliphatic heterocycles. The molecule has 1 aromatic rings. The van der Waals surface area contributed by atoms with Crippen LogP contribution >= 0.6 is 0 Å². The van der Waals surface area contributed by atoms with Gasteiger partial charge in [0.25, 0.3) is 0 Å². The van der Waals surface area contributed by atoms with Gasteiger partial charge in [0.1, 0.15) is 0 Å². The lowest BCUT2D eigenvalue weighted by Gasteiger charge is -2.26. The Morgan fingerprint density at radius 3 is 2.79 bits per heavy atom. The first kappa shape index (κ1) is 11.2. The summed E-state index contributed by atoms with van der Waals surface area (Å²) in [5, 5.41) is 16.7. The van der Waals surface area contributed by atoms with Crippen LogP contribution in [0.3, 0.4) is 0 Å². The van der Waals surface area contributed by atoms with Crippen LogP contribution in [0.4, 0.5) is 0 Å². The van der Waals surface area contributed by atoms with Gasteiger partial charge in [-0.15, -0.1) is 0 Å². The molecule has 1 aromatic heterocycles. The molecule has 1 unspecified atom stereocenters. The summed E-state index contributed by atoms with van der Waals surface area (Å²) >= 11 is 0. The predicted octanol–water partition coefficient (Wildman–Crippen LogP) is 0.671. The molecule has 1 atom stereocenters. The van der Waals surface area contributed by atoms with Crippen LogP contribution in [0.1, 0.15) is 26.0 Å². The normalized spacial score (nSPS) is 15.4. The van der Waals surface area contributed by atoms with E-state index in [4.69, 9.17) is 0 Å². The lowest BCUT2D eigenvalue weighted by Crippen LogP contribution is -2.44. The summed E-state index contributed by atoms with van der Waals surface area (Å²) in [4.78, 5) is 0. The largest absolute Gasteiger partial charge is 0.394 e. The van der Waals surface area contributed by atoms with Crippen LogP contribution in [0.25, 0.3) is 0 Å². The quantitative estimate of drug-likeness (QED) is 0.729. The van der Waals surface area contributed by atoms with Crippen LogP contribution in [-0.2, 0) is 13.6 Å². The zero-order valence-corrected chi connectivity index (χ0v) is 9.12. The predicted molar refractivity (Wildman–Crippen MR) is 55.8 cm³/mol. The Bertz CT molecular complexity index is 279. The van der Waals surface area contributed by atoms with Crippen molar-refractivity contribution in [2.45, 2.75) is 32.4 Å². The highest BCUT2D eigenvalue weighted by atomic mass is 16.3. The van der Waals surface area contributed by atoms with Gasteiger partial charge in [0.15, 0.2) is 0 Å². The molecular formula is C10H19N3O. The maximum absolute atomic E-state index is 9.18. The van der Waals surface area contributed by atoms with Crippen LogP contribution < -0.4 is 5.32 Å². The van der Waals surface area contributed by atoms with Crippen LogP contribution in [-0.4, -0.2) is 27.0 Å². The molecule has 0 aliphatic rings. The molecule has 1 heterocycles. The smallest absolute Gasteiger partial charge is 0.0762 e. The topological polar surface area (TPSA) is 50.1 Å². The molecule has 4 nitrogen and oxygen atoms in total. The molecule has 1 rings (SSSR count). The number of nitrogens with one attached hydrogen (secondary N) is 1. The molecular weight excluding hydrogens is 178 g/mol. The van der Waals surface area contributed by atoms with Gasteiger partial charge in [0.05, 0.1) is 12.3 Å². The first-order valence-corrected chi connectivity index (χ1v) is 4.94. The lowest BCUT2D eigenvalue weighted by molar-refractivity contribution is 0.168. The molecule has 0 radical (unpaired) electrons. The number of nitrogens with zero attached hydrogens (tertiary/aromatic N) is 2. The maximum Gasteiger partial charge on any atom is 0.0762 e. The van der Waals surface area contributed by atoms with Crippen molar-refractivity contribution in [3.63, 3.8) is 0 Å². The van der Waals surface area contributed by atoms with E-state index in [1.165, 1.54) is 0 Å². The minimum atomic E-state index is -0.197. The van der Waals surface area contributed by atoms with E-state index in [0.717, 1.165) is 12.1 Å². The third-order valence-electron chi connectivity index (χ3n) is 2.59. The van der Waals surface area contributed by atoms with Crippen LogP contribution in [0.2, 0.25) is 0 Å². The fourth-order valence-electron chi connectivity index (χ4n) is 1.15. The number of aromatic nitrogens is 2. The Morgan fingerprint density at radius 2 is 2.36 bits per heavy atom. The van der Waals surface area contributed by atoms with Gasteiger partial charge in [-0.2, -0.15) is 5.10 Å². The Kier molecular flexibility index (Phi) is 3.66. The zero-order valence-electron chi connectivity index (χ0n) is 9.12. The van der Waals surface area contributed by atoms with Crippen molar-refractivity contribution in [2.24, 2.45) is 7.05 Å². The van der Waals surface area contributed by atoms with Gasteiger partial charge < -0.3 is 10.4 Å². The Labute approximate surface area is 84.9 Å². The molecule has 0 aromatic carbocycles. The first-order chi connectivity index (χ1) is 6.59. The number of aliphatic hydroxyl groups excluding tert-OH is 1. The summed E-state index contributed by atoms with van der Waals surface area (Å²) in [7, 11) is 1.90. The molecule has 0 bridgehead atoms. The summed E-state index contributed by atoms with van der Waals surface area (Å²) in [6.45, 7) is 4.92. The highest BCUT2D eigenvalue weighted by molar-refractivity contribution is 4.99. The van der Waals surface area contributed by atoms with Crippen LogP contribution in [0.15, 0.2) is 12.3 Å². The fraction of sp³-hybridized carbons (Fsp3) is 0.700. The highest BCUT2D eigenvalue weighted by Crippen LogP contribution is 2.08. The molecule has 2 N–H and O–H groups in total. The fourth-order valence-corrected chi connectivity index (χ4v) is 1.15. The molecule has 0 saturated heterocycles. The van der Waals surface area contributed by atoms with E-state index in [1.807, 2.05) is 26.2 Å². The average Bonchev–Trinajstić information content (AvgIpc) is 2.61. The van der Waals surface area contributed by atoms with Gasteiger partial charge in [-0.3, -0.25) is 4.68 Å². The third-order valence-corrected chi connectivity index (χ3v) is 2.59. The summed E-state index contributed by atoms with van der Waals surface area (Å²) in [5.74, 6) is 0. The minimum absolute atomic E-state index is 0.149. The van der Waals surface area contributed by atoms with Crippen LogP contribution in [0, 0.1) is 0 Å². The van der Waals surface area contributed by atoms with E-state index < -0.39 is 0 Å². The Balaban J connectivity index is 2.47. The van der Waals surface area contributed by atoms with Crippen molar-refractivity contribution in [1.29, 1.82) is 0 Å². The second-order valence-corrected chi connectivity index (χ2v) is 3.91. The van der Waals surface area contributed by atoms with E-state index in [0.29, 0.717) is 6.54 Å². The second-order valence-electron chi connectivity index (χ2n) is 3.91. The molecule has 14 heavy (non-hydrogen) atoms. The van der Waals surface area contributed by atoms with Gasteiger partial charge in [0, 0.05) is 25.3 Å².